The molecular weight excluding hydrogens is 1180 g/mol. The van der Waals surface area contributed by atoms with Gasteiger partial charge in [-0.2, -0.15) is 0 Å². The summed E-state index contributed by atoms with van der Waals surface area (Å²) in [6.45, 7) is 0.437. The first-order valence-electron chi connectivity index (χ1n) is 28.5. The van der Waals surface area contributed by atoms with Crippen molar-refractivity contribution in [1.29, 1.82) is 0 Å². The first-order valence-corrected chi connectivity index (χ1v) is 30.0. The highest BCUT2D eigenvalue weighted by Crippen LogP contribution is 2.36. The van der Waals surface area contributed by atoms with Crippen LogP contribution in [-0.2, 0) is 0 Å². The first kappa shape index (κ1) is 63.1. The van der Waals surface area contributed by atoms with Crippen molar-refractivity contribution in [3.8, 4) is 46.0 Å². The number of hydrogen-bond donors (Lipinski definition) is 8. The number of aliphatic hydroxyl groups is 4. The molecule has 0 radical (unpaired) electrons. The number of nitrogens with one attached hydrogen (secondary N) is 4. The van der Waals surface area contributed by atoms with E-state index in [2.05, 4.69) is 61.1 Å². The molecule has 4 saturated carbocycles. The predicted octanol–water partition coefficient (Wildman–Crippen LogP) is 13.5. The van der Waals surface area contributed by atoms with Crippen molar-refractivity contribution in [3.05, 3.63) is 167 Å². The molecule has 4 fully saturated rings. The normalized spacial score (nSPS) is 21.0. The van der Waals surface area contributed by atoms with Crippen LogP contribution in [0.1, 0.15) is 77.0 Å². The number of benzene rings is 4. The molecule has 8 N–H and O–H groups in total. The van der Waals surface area contributed by atoms with Crippen LogP contribution in [-0.4, -0.2) is 110 Å². The maximum Gasteiger partial charge on any atom is 0.187 e. The van der Waals surface area contributed by atoms with Crippen LogP contribution in [0.25, 0.3) is 0 Å². The zero-order valence-electron chi connectivity index (χ0n) is 46.9. The molecule has 20 nitrogen and oxygen atoms in total. The monoisotopic (exact) mass is 1250 g/mol. The standard InChI is InChI=1S/2C16H18ClN3O2.2C15H16ClN3O2/c17-12-2-5-14(6-3-12)22-15-8-18-10-19-16(15)20-13-4-1-11(7-13)9-21;17-12-4-6-13(7-5-12)22-15-8-18-10-19-16(15)20-14-3-1-2-11(14)9-21;16-10-1-5-13(6-2-10)21-14-8-17-9-18-15(14)19-11-3-4-12(20)7-11;16-10-4-6-11(7-5-10)21-14-8-17-9-18-15(14)19-12-2-1-3-13(12)20/h2-3,5-6,8,10-11,13,21H,1,4,7,9H2,(H,18,19,20);4-8,10-11,14,21H,1-3,9H2,(H,18,19,20);1-2,5-6,8-9,11-12,20H,3-4,7H2,(H,17,18,19);4-9,12-13,20H,1-3H2,(H,17,18,19). The van der Waals surface area contributed by atoms with Gasteiger partial charge < -0.3 is 60.6 Å². The van der Waals surface area contributed by atoms with Crippen molar-refractivity contribution in [1.82, 2.24) is 39.9 Å². The van der Waals surface area contributed by atoms with Gasteiger partial charge >= 0.3 is 0 Å². The van der Waals surface area contributed by atoms with Crippen molar-refractivity contribution in [2.75, 3.05) is 34.5 Å². The van der Waals surface area contributed by atoms with Gasteiger partial charge in [0.2, 0.25) is 0 Å². The molecule has 0 saturated heterocycles. The maximum absolute atomic E-state index is 9.90. The zero-order valence-corrected chi connectivity index (χ0v) is 49.9. The summed E-state index contributed by atoms with van der Waals surface area (Å²) in [5.41, 5.74) is 0. The van der Waals surface area contributed by atoms with Gasteiger partial charge in [0.1, 0.15) is 48.3 Å². The maximum atomic E-state index is 9.90. The summed E-state index contributed by atoms with van der Waals surface area (Å²) in [5.74, 6) is 8.10. The second-order valence-corrected chi connectivity index (χ2v) is 22.8. The third kappa shape index (κ3) is 19.3. The Kier molecular flexibility index (Phi) is 23.8. The Balaban J connectivity index is 0.000000137. The molecule has 24 heteroatoms. The lowest BCUT2D eigenvalue weighted by Crippen LogP contribution is -2.28. The van der Waals surface area contributed by atoms with Crippen molar-refractivity contribution < 1.29 is 39.4 Å². The molecule has 86 heavy (non-hydrogen) atoms. The molecular formula is C62H68Cl4N12O8. The van der Waals surface area contributed by atoms with Crippen molar-refractivity contribution in [3.63, 3.8) is 0 Å². The van der Waals surface area contributed by atoms with Gasteiger partial charge in [0.05, 0.1) is 43.0 Å². The van der Waals surface area contributed by atoms with E-state index in [-0.39, 0.29) is 49.5 Å². The number of halogens is 4. The Hall–Kier alpha value is -7.40. The average Bonchev–Trinajstić information content (AvgIpc) is 4.22. The summed E-state index contributed by atoms with van der Waals surface area (Å²) in [7, 11) is 0. The molecule has 4 aromatic carbocycles. The van der Waals surface area contributed by atoms with Crippen LogP contribution in [0.15, 0.2) is 147 Å². The second-order valence-electron chi connectivity index (χ2n) is 21.1. The smallest absolute Gasteiger partial charge is 0.187 e. The molecule has 0 amide bonds. The lowest BCUT2D eigenvalue weighted by molar-refractivity contribution is 0.171. The minimum absolute atomic E-state index is 0.00691. The number of rotatable bonds is 18. The largest absolute Gasteiger partial charge is 0.452 e. The average molecular weight is 1250 g/mol. The molecule has 0 spiro atoms. The van der Waals surface area contributed by atoms with Crippen molar-refractivity contribution >= 4 is 69.7 Å². The summed E-state index contributed by atoms with van der Waals surface area (Å²) in [6, 6.07) is 29.2. The fourth-order valence-electron chi connectivity index (χ4n) is 10.3. The molecule has 4 aromatic heterocycles. The number of aromatic nitrogens is 8. The lowest BCUT2D eigenvalue weighted by atomic mass is 10.1. The summed E-state index contributed by atoms with van der Waals surface area (Å²) >= 11 is 23.5. The Bertz CT molecular complexity index is 3330. The second kappa shape index (κ2) is 32.4. The van der Waals surface area contributed by atoms with E-state index in [9.17, 15) is 20.4 Å². The summed E-state index contributed by atoms with van der Waals surface area (Å²) in [4.78, 5) is 33.0. The molecule has 8 atom stereocenters. The van der Waals surface area contributed by atoms with E-state index >= 15 is 0 Å². The van der Waals surface area contributed by atoms with Gasteiger partial charge in [-0.3, -0.25) is 0 Å². The Labute approximate surface area is 519 Å². The van der Waals surface area contributed by atoms with Gasteiger partial charge in [-0.05, 0) is 174 Å². The van der Waals surface area contributed by atoms with E-state index in [1.807, 2.05) is 0 Å². The summed E-state index contributed by atoms with van der Waals surface area (Å²) < 4.78 is 23.2. The Morgan fingerprint density at radius 2 is 0.756 bits per heavy atom. The molecule has 4 aliphatic rings. The van der Waals surface area contributed by atoms with Gasteiger partial charge in [0, 0.05) is 57.3 Å². The van der Waals surface area contributed by atoms with E-state index in [1.54, 1.807) is 122 Å². The fraction of sp³-hybridized carbons (Fsp3) is 0.355. The van der Waals surface area contributed by atoms with E-state index in [1.165, 1.54) is 25.3 Å². The van der Waals surface area contributed by atoms with E-state index in [0.717, 1.165) is 77.0 Å². The third-order valence-corrected chi connectivity index (χ3v) is 15.8. The van der Waals surface area contributed by atoms with Crippen LogP contribution in [0.3, 0.4) is 0 Å². The van der Waals surface area contributed by atoms with Gasteiger partial charge in [0.15, 0.2) is 46.3 Å². The molecule has 8 aromatic rings. The van der Waals surface area contributed by atoms with Crippen LogP contribution in [0, 0.1) is 11.8 Å². The minimum atomic E-state index is -0.344. The number of hydrogen-bond acceptors (Lipinski definition) is 20. The predicted molar refractivity (Wildman–Crippen MR) is 332 cm³/mol. The molecule has 4 heterocycles. The van der Waals surface area contributed by atoms with Crippen LogP contribution < -0.4 is 40.2 Å². The van der Waals surface area contributed by atoms with Crippen LogP contribution in [0.2, 0.25) is 20.1 Å². The highest BCUT2D eigenvalue weighted by atomic mass is 35.5. The summed E-state index contributed by atoms with van der Waals surface area (Å²) in [6.07, 6.45) is 23.2. The minimum Gasteiger partial charge on any atom is -0.452 e. The van der Waals surface area contributed by atoms with Crippen LogP contribution in [0.5, 0.6) is 46.0 Å². The molecule has 4 aliphatic carbocycles. The quantitative estimate of drug-likeness (QED) is 0.0397. The van der Waals surface area contributed by atoms with Crippen molar-refractivity contribution in [2.45, 2.75) is 113 Å². The van der Waals surface area contributed by atoms with E-state index in [4.69, 9.17) is 65.4 Å². The third-order valence-electron chi connectivity index (χ3n) is 14.8. The number of anilines is 4. The molecule has 0 aliphatic heterocycles. The molecule has 0 bridgehead atoms. The Morgan fingerprint density at radius 1 is 0.395 bits per heavy atom. The summed E-state index contributed by atoms with van der Waals surface area (Å²) in [5, 5.41) is 54.1. The van der Waals surface area contributed by atoms with Gasteiger partial charge in [0.25, 0.3) is 0 Å². The highest BCUT2D eigenvalue weighted by Gasteiger charge is 2.29. The SMILES string of the molecule is OC1CCC(Nc2ncncc2Oc2ccc(Cl)cc2)C1.OC1CCCC1Nc1ncncc1Oc1ccc(Cl)cc1.OCC1CCC(Nc2ncncc2Oc2ccc(Cl)cc2)C1.OCC1CCCC1Nc1ncncc1Oc1ccc(Cl)cc1. The van der Waals surface area contributed by atoms with Gasteiger partial charge in [-0.1, -0.05) is 52.8 Å². The Morgan fingerprint density at radius 3 is 1.10 bits per heavy atom. The van der Waals surface area contributed by atoms with Crippen LogP contribution >= 0.6 is 46.4 Å². The number of aliphatic hydroxyl groups excluding tert-OH is 4. The highest BCUT2D eigenvalue weighted by molar-refractivity contribution is 6.31. The van der Waals surface area contributed by atoms with Crippen molar-refractivity contribution in [2.24, 2.45) is 11.8 Å². The molecule has 8 unspecified atom stereocenters. The topological polar surface area (TPSA) is 269 Å². The first-order chi connectivity index (χ1) is 41.9. The lowest BCUT2D eigenvalue weighted by Gasteiger charge is -2.20. The van der Waals surface area contributed by atoms with E-state index < -0.39 is 0 Å². The zero-order chi connectivity index (χ0) is 60.0. The van der Waals surface area contributed by atoms with Gasteiger partial charge in [-0.15, -0.1) is 0 Å². The van der Waals surface area contributed by atoms with Gasteiger partial charge in [-0.25, -0.2) is 39.9 Å². The number of ether oxygens (including phenoxy) is 4. The molecule has 452 valence electrons. The van der Waals surface area contributed by atoms with Crippen LogP contribution in [0.4, 0.5) is 23.3 Å². The molecule has 12 rings (SSSR count). The number of nitrogens with zero attached hydrogens (tertiary/aromatic N) is 8. The van der Waals surface area contributed by atoms with E-state index in [0.29, 0.717) is 101 Å². The fourth-order valence-corrected chi connectivity index (χ4v) is 10.8.